The van der Waals surface area contributed by atoms with E-state index in [0.717, 1.165) is 30.8 Å². The normalized spacial score (nSPS) is 10.5. The number of para-hydroxylation sites is 2. The second-order valence-corrected chi connectivity index (χ2v) is 7.18. The van der Waals surface area contributed by atoms with Crippen LogP contribution in [0.25, 0.3) is 0 Å². The Kier molecular flexibility index (Phi) is 6.45. The molecule has 0 aliphatic heterocycles. The van der Waals surface area contributed by atoms with Crippen LogP contribution in [0.5, 0.6) is 0 Å². The highest BCUT2D eigenvalue weighted by Crippen LogP contribution is 2.27. The number of unbranched alkanes of at least 4 members (excludes halogenated alkanes) is 1. The van der Waals surface area contributed by atoms with Crippen molar-refractivity contribution < 1.29 is 4.79 Å². The zero-order valence-electron chi connectivity index (χ0n) is 15.0. The van der Waals surface area contributed by atoms with E-state index in [2.05, 4.69) is 18.4 Å². The lowest BCUT2D eigenvalue weighted by Gasteiger charge is -2.30. The molecule has 0 aliphatic rings. The van der Waals surface area contributed by atoms with Crippen LogP contribution in [0.15, 0.2) is 78.2 Å². The number of urea groups is 1. The number of carbonyl (C=O) groups excluding carboxylic acids is 1. The van der Waals surface area contributed by atoms with E-state index in [0.29, 0.717) is 6.54 Å². The van der Waals surface area contributed by atoms with Gasteiger partial charge in [-0.15, -0.1) is 11.3 Å². The third-order valence-corrected chi connectivity index (χ3v) is 5.06. The van der Waals surface area contributed by atoms with Gasteiger partial charge in [-0.3, -0.25) is 4.90 Å². The Balaban J connectivity index is 1.93. The molecular formula is C22H24N2OS. The standard InChI is InChI=1S/C22H24N2OS/c1-2-3-16-23(18-21-15-10-17-26-21)22(25)24(19-11-6-4-7-12-19)20-13-8-5-9-14-20/h4-15,17H,2-3,16,18H2,1H3. The zero-order chi connectivity index (χ0) is 18.2. The van der Waals surface area contributed by atoms with Crippen LogP contribution in [-0.2, 0) is 6.54 Å². The summed E-state index contributed by atoms with van der Waals surface area (Å²) in [5.41, 5.74) is 1.77. The third-order valence-electron chi connectivity index (χ3n) is 4.20. The van der Waals surface area contributed by atoms with Gasteiger partial charge >= 0.3 is 6.03 Å². The molecule has 26 heavy (non-hydrogen) atoms. The summed E-state index contributed by atoms with van der Waals surface area (Å²) in [6.07, 6.45) is 2.05. The summed E-state index contributed by atoms with van der Waals surface area (Å²) in [7, 11) is 0. The number of thiophene rings is 1. The first kappa shape index (κ1) is 18.2. The molecule has 0 bridgehead atoms. The molecule has 0 atom stereocenters. The maximum absolute atomic E-state index is 13.5. The summed E-state index contributed by atoms with van der Waals surface area (Å²) in [6.45, 7) is 3.55. The van der Waals surface area contributed by atoms with Gasteiger partial charge in [0.25, 0.3) is 0 Å². The molecule has 0 aliphatic carbocycles. The SMILES string of the molecule is CCCCN(Cc1cccs1)C(=O)N(c1ccccc1)c1ccccc1. The molecule has 0 unspecified atom stereocenters. The van der Waals surface area contributed by atoms with Crippen molar-refractivity contribution in [2.24, 2.45) is 0 Å². The number of anilines is 2. The lowest BCUT2D eigenvalue weighted by molar-refractivity contribution is 0.204. The van der Waals surface area contributed by atoms with Crippen molar-refractivity contribution in [2.75, 3.05) is 11.4 Å². The van der Waals surface area contributed by atoms with Crippen LogP contribution in [0.3, 0.4) is 0 Å². The van der Waals surface area contributed by atoms with E-state index < -0.39 is 0 Å². The number of nitrogens with zero attached hydrogens (tertiary/aromatic N) is 2. The lowest BCUT2D eigenvalue weighted by Crippen LogP contribution is -2.41. The highest BCUT2D eigenvalue weighted by atomic mass is 32.1. The summed E-state index contributed by atoms with van der Waals surface area (Å²) in [5.74, 6) is 0. The minimum absolute atomic E-state index is 0.0178. The summed E-state index contributed by atoms with van der Waals surface area (Å²) in [5, 5.41) is 2.06. The minimum atomic E-state index is 0.0178. The molecule has 0 saturated carbocycles. The maximum atomic E-state index is 13.5. The second-order valence-electron chi connectivity index (χ2n) is 6.14. The molecule has 3 nitrogen and oxygen atoms in total. The van der Waals surface area contributed by atoms with Crippen molar-refractivity contribution in [1.29, 1.82) is 0 Å². The largest absolute Gasteiger partial charge is 0.329 e. The fraction of sp³-hybridized carbons (Fsp3) is 0.227. The first-order valence-corrected chi connectivity index (χ1v) is 9.89. The molecule has 0 spiro atoms. The topological polar surface area (TPSA) is 23.6 Å². The third kappa shape index (κ3) is 4.52. The second kappa shape index (κ2) is 9.20. The fourth-order valence-electron chi connectivity index (χ4n) is 2.85. The minimum Gasteiger partial charge on any atom is -0.319 e. The van der Waals surface area contributed by atoms with Crippen molar-refractivity contribution in [2.45, 2.75) is 26.3 Å². The molecule has 3 aromatic rings. The van der Waals surface area contributed by atoms with Gasteiger partial charge in [-0.1, -0.05) is 55.8 Å². The van der Waals surface area contributed by atoms with E-state index in [9.17, 15) is 4.79 Å². The van der Waals surface area contributed by atoms with Crippen LogP contribution in [0, 0.1) is 0 Å². The van der Waals surface area contributed by atoms with Crippen LogP contribution in [0.1, 0.15) is 24.6 Å². The summed E-state index contributed by atoms with van der Waals surface area (Å²) in [4.78, 5) is 18.5. The quantitative estimate of drug-likeness (QED) is 0.482. The van der Waals surface area contributed by atoms with E-state index >= 15 is 0 Å². The van der Waals surface area contributed by atoms with Crippen molar-refractivity contribution in [3.8, 4) is 0 Å². The molecule has 3 rings (SSSR count). The van der Waals surface area contributed by atoms with Crippen LogP contribution >= 0.6 is 11.3 Å². The van der Waals surface area contributed by atoms with E-state index in [1.54, 1.807) is 11.3 Å². The average Bonchev–Trinajstić information content (AvgIpc) is 3.20. The van der Waals surface area contributed by atoms with Gasteiger partial charge < -0.3 is 4.90 Å². The van der Waals surface area contributed by atoms with Gasteiger partial charge in [0.1, 0.15) is 0 Å². The molecule has 134 valence electrons. The van der Waals surface area contributed by atoms with Crippen LogP contribution in [0.4, 0.5) is 16.2 Å². The van der Waals surface area contributed by atoms with Gasteiger partial charge in [0.05, 0.1) is 17.9 Å². The van der Waals surface area contributed by atoms with Gasteiger partial charge in [-0.05, 0) is 42.1 Å². The predicted octanol–water partition coefficient (Wildman–Crippen LogP) is 6.31. The molecule has 0 saturated heterocycles. The number of benzene rings is 2. The van der Waals surface area contributed by atoms with E-state index in [1.165, 1.54) is 4.88 Å². The number of carbonyl (C=O) groups is 1. The maximum Gasteiger partial charge on any atom is 0.329 e. The summed E-state index contributed by atoms with van der Waals surface area (Å²) < 4.78 is 0. The van der Waals surface area contributed by atoms with Crippen LogP contribution in [0.2, 0.25) is 0 Å². The summed E-state index contributed by atoms with van der Waals surface area (Å²) >= 11 is 1.69. The Hall–Kier alpha value is -2.59. The number of hydrogen-bond donors (Lipinski definition) is 0. The van der Waals surface area contributed by atoms with E-state index in [1.807, 2.05) is 76.5 Å². The Morgan fingerprint density at radius 2 is 1.50 bits per heavy atom. The zero-order valence-corrected chi connectivity index (χ0v) is 15.9. The monoisotopic (exact) mass is 364 g/mol. The number of hydrogen-bond acceptors (Lipinski definition) is 2. The molecule has 1 aromatic heterocycles. The molecular weight excluding hydrogens is 340 g/mol. The van der Waals surface area contributed by atoms with Crippen LogP contribution < -0.4 is 4.90 Å². The first-order valence-electron chi connectivity index (χ1n) is 9.01. The Morgan fingerprint density at radius 1 is 0.885 bits per heavy atom. The molecule has 0 radical (unpaired) electrons. The molecule has 2 amide bonds. The fourth-order valence-corrected chi connectivity index (χ4v) is 3.57. The predicted molar refractivity (Wildman–Crippen MR) is 110 cm³/mol. The van der Waals surface area contributed by atoms with Gasteiger partial charge in [0, 0.05) is 11.4 Å². The molecule has 1 heterocycles. The van der Waals surface area contributed by atoms with Crippen molar-refractivity contribution >= 4 is 28.7 Å². The Labute approximate surface area is 159 Å². The van der Waals surface area contributed by atoms with Crippen molar-refractivity contribution in [1.82, 2.24) is 4.90 Å². The molecule has 0 N–H and O–H groups in total. The first-order chi connectivity index (χ1) is 12.8. The average molecular weight is 365 g/mol. The molecule has 2 aromatic carbocycles. The van der Waals surface area contributed by atoms with Gasteiger partial charge in [0.2, 0.25) is 0 Å². The van der Waals surface area contributed by atoms with Gasteiger partial charge in [-0.25, -0.2) is 4.79 Å². The van der Waals surface area contributed by atoms with E-state index in [-0.39, 0.29) is 6.03 Å². The Bertz CT molecular complexity index is 748. The smallest absolute Gasteiger partial charge is 0.319 e. The van der Waals surface area contributed by atoms with Crippen molar-refractivity contribution in [3.05, 3.63) is 83.1 Å². The van der Waals surface area contributed by atoms with E-state index in [4.69, 9.17) is 0 Å². The lowest BCUT2D eigenvalue weighted by atomic mass is 10.2. The van der Waals surface area contributed by atoms with Gasteiger partial charge in [-0.2, -0.15) is 0 Å². The number of rotatable bonds is 7. The van der Waals surface area contributed by atoms with Crippen LogP contribution in [-0.4, -0.2) is 17.5 Å². The number of amides is 2. The summed E-state index contributed by atoms with van der Waals surface area (Å²) in [6, 6.07) is 23.9. The Morgan fingerprint density at radius 3 is 2.00 bits per heavy atom. The highest BCUT2D eigenvalue weighted by Gasteiger charge is 2.24. The van der Waals surface area contributed by atoms with Gasteiger partial charge in [0.15, 0.2) is 0 Å². The van der Waals surface area contributed by atoms with Crippen molar-refractivity contribution in [3.63, 3.8) is 0 Å². The molecule has 0 fully saturated rings. The molecule has 4 heteroatoms. The highest BCUT2D eigenvalue weighted by molar-refractivity contribution is 7.09.